The zero-order chi connectivity index (χ0) is 11.6. The topological polar surface area (TPSA) is 53.2 Å². The third kappa shape index (κ3) is 1.65. The van der Waals surface area contributed by atoms with Gasteiger partial charge in [-0.3, -0.25) is 0 Å². The third-order valence-electron chi connectivity index (χ3n) is 4.65. The van der Waals surface area contributed by atoms with E-state index >= 15 is 0 Å². The zero-order valence-electron chi connectivity index (χ0n) is 10.0. The van der Waals surface area contributed by atoms with Crippen LogP contribution in [-0.4, -0.2) is 23.9 Å². The Hall–Kier alpha value is -0.590. The second-order valence-electron chi connectivity index (χ2n) is 5.38. The standard InChI is InChI=1S/C13H21NO2/c1-11-4-2-3-5-13(11,15)12(10-14)6-8-16-9-7-12/h11,15H,2-9H2,1H3. The molecule has 3 heteroatoms. The van der Waals surface area contributed by atoms with E-state index in [0.29, 0.717) is 26.1 Å². The van der Waals surface area contributed by atoms with Gasteiger partial charge < -0.3 is 9.84 Å². The van der Waals surface area contributed by atoms with Gasteiger partial charge in [0, 0.05) is 13.2 Å². The van der Waals surface area contributed by atoms with Crippen LogP contribution in [-0.2, 0) is 4.74 Å². The molecule has 0 aromatic heterocycles. The molecule has 2 aliphatic rings. The van der Waals surface area contributed by atoms with Crippen LogP contribution in [0.15, 0.2) is 0 Å². The minimum Gasteiger partial charge on any atom is -0.388 e. The number of ether oxygens (including phenoxy) is 1. The van der Waals surface area contributed by atoms with Crippen LogP contribution < -0.4 is 0 Å². The van der Waals surface area contributed by atoms with Crippen LogP contribution in [0.4, 0.5) is 0 Å². The molecule has 2 atom stereocenters. The maximum absolute atomic E-state index is 10.9. The van der Waals surface area contributed by atoms with Gasteiger partial charge >= 0.3 is 0 Å². The number of nitrogens with zero attached hydrogens (tertiary/aromatic N) is 1. The number of nitriles is 1. The highest BCUT2D eigenvalue weighted by atomic mass is 16.5. The van der Waals surface area contributed by atoms with Gasteiger partial charge in [0.1, 0.15) is 0 Å². The largest absolute Gasteiger partial charge is 0.388 e. The van der Waals surface area contributed by atoms with Crippen molar-refractivity contribution >= 4 is 0 Å². The number of hydrogen-bond donors (Lipinski definition) is 1. The second-order valence-corrected chi connectivity index (χ2v) is 5.38. The maximum atomic E-state index is 10.9. The fourth-order valence-corrected chi connectivity index (χ4v) is 3.40. The molecule has 16 heavy (non-hydrogen) atoms. The first-order valence-corrected chi connectivity index (χ1v) is 6.36. The van der Waals surface area contributed by atoms with Crippen molar-refractivity contribution < 1.29 is 9.84 Å². The Balaban J connectivity index is 2.27. The van der Waals surface area contributed by atoms with Gasteiger partial charge in [0.15, 0.2) is 0 Å². The molecule has 1 aliphatic heterocycles. The lowest BCUT2D eigenvalue weighted by molar-refractivity contribution is -0.150. The normalized spacial score (nSPS) is 38.9. The Morgan fingerprint density at radius 1 is 1.25 bits per heavy atom. The van der Waals surface area contributed by atoms with E-state index in [4.69, 9.17) is 4.74 Å². The van der Waals surface area contributed by atoms with E-state index in [-0.39, 0.29) is 5.92 Å². The summed E-state index contributed by atoms with van der Waals surface area (Å²) < 4.78 is 5.34. The van der Waals surface area contributed by atoms with Crippen LogP contribution in [0, 0.1) is 22.7 Å². The molecule has 1 saturated heterocycles. The molecular formula is C13H21NO2. The van der Waals surface area contributed by atoms with Crippen LogP contribution in [0.2, 0.25) is 0 Å². The van der Waals surface area contributed by atoms with Gasteiger partial charge in [0.25, 0.3) is 0 Å². The van der Waals surface area contributed by atoms with Gasteiger partial charge in [-0.05, 0) is 31.6 Å². The highest BCUT2D eigenvalue weighted by molar-refractivity contribution is 5.14. The molecule has 2 rings (SSSR count). The van der Waals surface area contributed by atoms with Gasteiger partial charge in [-0.2, -0.15) is 5.26 Å². The van der Waals surface area contributed by atoms with Crippen molar-refractivity contribution in [3.8, 4) is 6.07 Å². The molecule has 0 aromatic carbocycles. The molecule has 0 bridgehead atoms. The molecule has 1 N–H and O–H groups in total. The minimum atomic E-state index is -0.788. The van der Waals surface area contributed by atoms with Crippen LogP contribution in [0.3, 0.4) is 0 Å². The second kappa shape index (κ2) is 4.35. The average Bonchev–Trinajstić information content (AvgIpc) is 2.34. The van der Waals surface area contributed by atoms with Gasteiger partial charge in [0.05, 0.1) is 17.1 Å². The third-order valence-corrected chi connectivity index (χ3v) is 4.65. The van der Waals surface area contributed by atoms with Crippen molar-refractivity contribution in [2.75, 3.05) is 13.2 Å². The van der Waals surface area contributed by atoms with Crippen molar-refractivity contribution in [2.24, 2.45) is 11.3 Å². The van der Waals surface area contributed by atoms with Crippen LogP contribution in [0.5, 0.6) is 0 Å². The van der Waals surface area contributed by atoms with Crippen molar-refractivity contribution in [2.45, 2.75) is 51.0 Å². The Bertz CT molecular complexity index is 291. The van der Waals surface area contributed by atoms with Crippen molar-refractivity contribution in [1.82, 2.24) is 0 Å². The number of aliphatic hydroxyl groups is 1. The SMILES string of the molecule is CC1CCCCC1(O)C1(C#N)CCOCC1. The number of rotatable bonds is 1. The highest BCUT2D eigenvalue weighted by Gasteiger charge is 2.54. The summed E-state index contributed by atoms with van der Waals surface area (Å²) in [6.07, 6.45) is 5.42. The fourth-order valence-electron chi connectivity index (χ4n) is 3.40. The molecule has 0 spiro atoms. The van der Waals surface area contributed by atoms with E-state index in [1.54, 1.807) is 0 Å². The van der Waals surface area contributed by atoms with Gasteiger partial charge in [0.2, 0.25) is 0 Å². The quantitative estimate of drug-likeness (QED) is 0.741. The molecule has 2 unspecified atom stereocenters. The first kappa shape index (κ1) is 11.9. The van der Waals surface area contributed by atoms with Crippen LogP contribution in [0.25, 0.3) is 0 Å². The lowest BCUT2D eigenvalue weighted by Crippen LogP contribution is -2.55. The molecule has 90 valence electrons. The van der Waals surface area contributed by atoms with E-state index in [1.165, 1.54) is 6.42 Å². The molecule has 0 amide bonds. The van der Waals surface area contributed by atoms with Gasteiger partial charge in [-0.25, -0.2) is 0 Å². The monoisotopic (exact) mass is 223 g/mol. The Morgan fingerprint density at radius 2 is 1.94 bits per heavy atom. The molecule has 1 saturated carbocycles. The van der Waals surface area contributed by atoms with E-state index in [1.807, 2.05) is 0 Å². The Labute approximate surface area is 97.4 Å². The first-order valence-electron chi connectivity index (χ1n) is 6.36. The molecule has 0 radical (unpaired) electrons. The van der Waals surface area contributed by atoms with Crippen molar-refractivity contribution in [3.63, 3.8) is 0 Å². The fraction of sp³-hybridized carbons (Fsp3) is 0.923. The van der Waals surface area contributed by atoms with Crippen molar-refractivity contribution in [3.05, 3.63) is 0 Å². The van der Waals surface area contributed by atoms with Crippen LogP contribution >= 0.6 is 0 Å². The summed E-state index contributed by atoms with van der Waals surface area (Å²) in [6.45, 7) is 3.32. The van der Waals surface area contributed by atoms with E-state index in [9.17, 15) is 10.4 Å². The van der Waals surface area contributed by atoms with Gasteiger partial charge in [-0.1, -0.05) is 19.8 Å². The zero-order valence-corrected chi connectivity index (χ0v) is 10.0. The molecule has 3 nitrogen and oxygen atoms in total. The molecule has 0 aromatic rings. The highest BCUT2D eigenvalue weighted by Crippen LogP contribution is 2.50. The van der Waals surface area contributed by atoms with Crippen LogP contribution in [0.1, 0.15) is 45.4 Å². The molecule has 1 heterocycles. The van der Waals surface area contributed by atoms with Crippen molar-refractivity contribution in [1.29, 1.82) is 5.26 Å². The molecule has 2 fully saturated rings. The predicted octanol–water partition coefficient (Wildman–Crippen LogP) is 2.25. The summed E-state index contributed by atoms with van der Waals surface area (Å²) in [6, 6.07) is 2.43. The van der Waals surface area contributed by atoms with E-state index in [0.717, 1.165) is 19.3 Å². The summed E-state index contributed by atoms with van der Waals surface area (Å²) in [5.41, 5.74) is -1.35. The number of hydrogen-bond acceptors (Lipinski definition) is 3. The smallest absolute Gasteiger partial charge is 0.0906 e. The Kier molecular flexibility index (Phi) is 3.23. The summed E-state index contributed by atoms with van der Waals surface area (Å²) >= 11 is 0. The first-order chi connectivity index (χ1) is 7.65. The summed E-state index contributed by atoms with van der Waals surface area (Å²) in [4.78, 5) is 0. The minimum absolute atomic E-state index is 0.235. The summed E-state index contributed by atoms with van der Waals surface area (Å²) in [7, 11) is 0. The summed E-state index contributed by atoms with van der Waals surface area (Å²) in [5.74, 6) is 0.235. The molecular weight excluding hydrogens is 202 g/mol. The van der Waals surface area contributed by atoms with E-state index < -0.39 is 11.0 Å². The summed E-state index contributed by atoms with van der Waals surface area (Å²) in [5, 5.41) is 20.4. The predicted molar refractivity (Wildman–Crippen MR) is 60.7 cm³/mol. The molecule has 1 aliphatic carbocycles. The van der Waals surface area contributed by atoms with E-state index in [2.05, 4.69) is 13.0 Å². The average molecular weight is 223 g/mol. The lowest BCUT2D eigenvalue weighted by Gasteiger charge is -2.50. The lowest BCUT2D eigenvalue weighted by atomic mass is 9.58. The van der Waals surface area contributed by atoms with Gasteiger partial charge in [-0.15, -0.1) is 0 Å². The Morgan fingerprint density at radius 3 is 2.50 bits per heavy atom. The maximum Gasteiger partial charge on any atom is 0.0906 e.